The van der Waals surface area contributed by atoms with Gasteiger partial charge in [0.2, 0.25) is 0 Å². The molecular formula is C15H16NO2. The quantitative estimate of drug-likeness (QED) is 0.814. The van der Waals surface area contributed by atoms with Gasteiger partial charge in [-0.25, -0.2) is 0 Å². The Hall–Kier alpha value is -2.00. The van der Waals surface area contributed by atoms with Crippen molar-refractivity contribution in [2.75, 3.05) is 5.06 Å². The number of rotatable bonds is 2. The zero-order chi connectivity index (χ0) is 13.3. The first-order valence-electron chi connectivity index (χ1n) is 5.84. The van der Waals surface area contributed by atoms with Gasteiger partial charge in [-0.3, -0.25) is 0 Å². The SMILES string of the molecule is Cc1cc(O)c(N([O])c2ccccc2)c(C)c1C. The van der Waals surface area contributed by atoms with E-state index >= 15 is 0 Å². The van der Waals surface area contributed by atoms with E-state index < -0.39 is 0 Å². The molecule has 0 aliphatic heterocycles. The second-order valence-corrected chi connectivity index (χ2v) is 4.44. The van der Waals surface area contributed by atoms with Crippen LogP contribution < -0.4 is 5.06 Å². The van der Waals surface area contributed by atoms with Crippen LogP contribution in [0.25, 0.3) is 0 Å². The third-order valence-electron chi connectivity index (χ3n) is 3.30. The summed E-state index contributed by atoms with van der Waals surface area (Å²) in [4.78, 5) is 0. The average molecular weight is 242 g/mol. The molecule has 0 saturated carbocycles. The minimum absolute atomic E-state index is 0.0226. The van der Waals surface area contributed by atoms with Crippen molar-refractivity contribution in [1.82, 2.24) is 0 Å². The van der Waals surface area contributed by atoms with Crippen molar-refractivity contribution in [2.24, 2.45) is 0 Å². The third-order valence-corrected chi connectivity index (χ3v) is 3.30. The summed E-state index contributed by atoms with van der Waals surface area (Å²) in [5.41, 5.74) is 3.66. The van der Waals surface area contributed by atoms with E-state index in [0.717, 1.165) is 21.8 Å². The first kappa shape index (κ1) is 12.5. The van der Waals surface area contributed by atoms with Gasteiger partial charge in [0.1, 0.15) is 11.4 Å². The Morgan fingerprint density at radius 1 is 1.00 bits per heavy atom. The summed E-state index contributed by atoms with van der Waals surface area (Å²) in [6.45, 7) is 5.72. The van der Waals surface area contributed by atoms with Crippen LogP contribution in [-0.2, 0) is 5.21 Å². The van der Waals surface area contributed by atoms with Crippen LogP contribution in [0.2, 0.25) is 0 Å². The molecule has 0 aromatic heterocycles. The lowest BCUT2D eigenvalue weighted by molar-refractivity contribution is 0.193. The van der Waals surface area contributed by atoms with Gasteiger partial charge >= 0.3 is 0 Å². The molecule has 0 spiro atoms. The predicted molar refractivity (Wildman–Crippen MR) is 71.6 cm³/mol. The van der Waals surface area contributed by atoms with Gasteiger partial charge in [-0.2, -0.15) is 5.06 Å². The molecule has 3 heteroatoms. The number of benzene rings is 2. The number of anilines is 2. The normalized spacial score (nSPS) is 10.4. The van der Waals surface area contributed by atoms with Crippen molar-refractivity contribution < 1.29 is 10.3 Å². The van der Waals surface area contributed by atoms with Crippen LogP contribution in [0.5, 0.6) is 5.75 Å². The average Bonchev–Trinajstić information content (AvgIpc) is 2.37. The standard InChI is InChI=1S/C15H16NO2/c1-10-9-14(17)15(12(3)11(10)2)16(18)13-7-5-4-6-8-13/h4-9,17H,1-3H3. The predicted octanol–water partition coefficient (Wildman–Crippen LogP) is 3.80. The third kappa shape index (κ3) is 2.05. The molecule has 0 aliphatic carbocycles. The highest BCUT2D eigenvalue weighted by Gasteiger charge is 2.17. The summed E-state index contributed by atoms with van der Waals surface area (Å²) in [6.07, 6.45) is 0. The molecule has 18 heavy (non-hydrogen) atoms. The lowest BCUT2D eigenvalue weighted by atomic mass is 10.0. The molecular weight excluding hydrogens is 226 g/mol. The van der Waals surface area contributed by atoms with E-state index in [1.165, 1.54) is 0 Å². The fourth-order valence-corrected chi connectivity index (χ4v) is 2.00. The van der Waals surface area contributed by atoms with Gasteiger partial charge in [-0.1, -0.05) is 23.4 Å². The fourth-order valence-electron chi connectivity index (χ4n) is 2.00. The Morgan fingerprint density at radius 3 is 2.22 bits per heavy atom. The van der Waals surface area contributed by atoms with Gasteiger partial charge in [0, 0.05) is 0 Å². The molecule has 0 atom stereocenters. The van der Waals surface area contributed by atoms with Crippen LogP contribution in [0.15, 0.2) is 36.4 Å². The van der Waals surface area contributed by atoms with Crippen molar-refractivity contribution in [3.05, 3.63) is 53.1 Å². The summed E-state index contributed by atoms with van der Waals surface area (Å²) in [7, 11) is 0. The largest absolute Gasteiger partial charge is 0.506 e. The molecule has 2 aromatic carbocycles. The topological polar surface area (TPSA) is 43.4 Å². The van der Waals surface area contributed by atoms with Crippen LogP contribution in [0, 0.1) is 20.8 Å². The molecule has 0 aliphatic rings. The van der Waals surface area contributed by atoms with Crippen LogP contribution in [-0.4, -0.2) is 5.11 Å². The minimum atomic E-state index is 0.0226. The summed E-state index contributed by atoms with van der Waals surface area (Å²) >= 11 is 0. The van der Waals surface area contributed by atoms with E-state index in [-0.39, 0.29) is 5.75 Å². The highest BCUT2D eigenvalue weighted by Crippen LogP contribution is 2.37. The molecule has 0 bridgehead atoms. The molecule has 0 heterocycles. The highest BCUT2D eigenvalue weighted by molar-refractivity contribution is 5.72. The molecule has 0 fully saturated rings. The van der Waals surface area contributed by atoms with Gasteiger partial charge in [0.25, 0.3) is 0 Å². The summed E-state index contributed by atoms with van der Waals surface area (Å²) in [5, 5.41) is 23.1. The number of para-hydroxylation sites is 1. The Morgan fingerprint density at radius 2 is 1.61 bits per heavy atom. The van der Waals surface area contributed by atoms with E-state index in [0.29, 0.717) is 11.4 Å². The second kappa shape index (κ2) is 4.70. The Labute approximate surface area is 107 Å². The van der Waals surface area contributed by atoms with Gasteiger partial charge in [0.15, 0.2) is 0 Å². The Balaban J connectivity index is 2.55. The number of phenolic OH excluding ortho intramolecular Hbond substituents is 1. The smallest absolute Gasteiger partial charge is 0.142 e. The van der Waals surface area contributed by atoms with Gasteiger partial charge in [0.05, 0.1) is 5.69 Å². The minimum Gasteiger partial charge on any atom is -0.506 e. The highest BCUT2D eigenvalue weighted by atomic mass is 16.5. The Kier molecular flexibility index (Phi) is 3.26. The maximum absolute atomic E-state index is 12.3. The molecule has 2 rings (SSSR count). The number of aryl methyl sites for hydroxylation is 1. The molecule has 93 valence electrons. The molecule has 0 saturated heterocycles. The van der Waals surface area contributed by atoms with Crippen molar-refractivity contribution in [2.45, 2.75) is 20.8 Å². The number of hydrogen-bond donors (Lipinski definition) is 1. The zero-order valence-corrected chi connectivity index (χ0v) is 10.8. The lowest BCUT2D eigenvalue weighted by Crippen LogP contribution is -2.11. The van der Waals surface area contributed by atoms with Gasteiger partial charge in [-0.15, -0.1) is 0 Å². The van der Waals surface area contributed by atoms with E-state index in [9.17, 15) is 10.3 Å². The van der Waals surface area contributed by atoms with Crippen LogP contribution in [0.1, 0.15) is 16.7 Å². The summed E-state index contributed by atoms with van der Waals surface area (Å²) < 4.78 is 0. The van der Waals surface area contributed by atoms with E-state index in [1.54, 1.807) is 30.3 Å². The zero-order valence-electron chi connectivity index (χ0n) is 10.8. The number of aromatic hydroxyl groups is 1. The molecule has 0 unspecified atom stereocenters. The van der Waals surface area contributed by atoms with Crippen molar-refractivity contribution in [1.29, 1.82) is 0 Å². The molecule has 1 N–H and O–H groups in total. The van der Waals surface area contributed by atoms with Crippen molar-refractivity contribution in [3.63, 3.8) is 0 Å². The van der Waals surface area contributed by atoms with Gasteiger partial charge < -0.3 is 5.11 Å². The van der Waals surface area contributed by atoms with Crippen LogP contribution in [0.4, 0.5) is 11.4 Å². The van der Waals surface area contributed by atoms with Crippen molar-refractivity contribution >= 4 is 11.4 Å². The molecule has 3 nitrogen and oxygen atoms in total. The molecule has 1 radical (unpaired) electrons. The lowest BCUT2D eigenvalue weighted by Gasteiger charge is -2.20. The number of phenols is 1. The Bertz CT molecular complexity index is 564. The molecule has 0 amide bonds. The fraction of sp³-hybridized carbons (Fsp3) is 0.200. The first-order valence-corrected chi connectivity index (χ1v) is 5.84. The van der Waals surface area contributed by atoms with Crippen LogP contribution >= 0.6 is 0 Å². The monoisotopic (exact) mass is 242 g/mol. The number of nitrogens with zero attached hydrogens (tertiary/aromatic N) is 1. The van der Waals surface area contributed by atoms with E-state index in [2.05, 4.69) is 0 Å². The summed E-state index contributed by atoms with van der Waals surface area (Å²) in [5.74, 6) is 0.0226. The molecule has 2 aromatic rings. The van der Waals surface area contributed by atoms with Crippen molar-refractivity contribution in [3.8, 4) is 5.75 Å². The number of hydrogen-bond acceptors (Lipinski definition) is 2. The summed E-state index contributed by atoms with van der Waals surface area (Å²) in [6, 6.07) is 10.5. The maximum Gasteiger partial charge on any atom is 0.142 e. The first-order chi connectivity index (χ1) is 8.52. The maximum atomic E-state index is 12.3. The van der Waals surface area contributed by atoms with Gasteiger partial charge in [-0.05, 0) is 55.7 Å². The second-order valence-electron chi connectivity index (χ2n) is 4.44. The van der Waals surface area contributed by atoms with E-state index in [1.807, 2.05) is 26.8 Å². The van der Waals surface area contributed by atoms with E-state index in [4.69, 9.17) is 0 Å². The van der Waals surface area contributed by atoms with Crippen LogP contribution in [0.3, 0.4) is 0 Å².